The Labute approximate surface area is 114 Å². The maximum Gasteiger partial charge on any atom is 0.481 e. The second-order valence-electron chi connectivity index (χ2n) is 5.09. The number of phosphoric acid groups is 2. The van der Waals surface area contributed by atoms with Crippen LogP contribution in [-0.4, -0.2) is 21.3 Å². The van der Waals surface area contributed by atoms with Gasteiger partial charge in [0.1, 0.15) is 0 Å². The largest absolute Gasteiger partial charge is 0.481 e. The third kappa shape index (κ3) is 13.0. The Hall–Kier alpha value is 0.260. The predicted molar refractivity (Wildman–Crippen MR) is 71.4 cm³/mol. The van der Waals surface area contributed by atoms with Crippen molar-refractivity contribution >= 4 is 15.6 Å². The van der Waals surface area contributed by atoms with Gasteiger partial charge in [-0.1, -0.05) is 40.0 Å². The minimum absolute atomic E-state index is 0.0728. The topological polar surface area (TPSA) is 113 Å². The fourth-order valence-corrected chi connectivity index (χ4v) is 3.15. The van der Waals surface area contributed by atoms with E-state index in [-0.39, 0.29) is 6.61 Å². The van der Waals surface area contributed by atoms with Gasteiger partial charge in [0.05, 0.1) is 6.61 Å². The van der Waals surface area contributed by atoms with Crippen LogP contribution in [0.5, 0.6) is 0 Å². The van der Waals surface area contributed by atoms with Crippen LogP contribution < -0.4 is 0 Å². The van der Waals surface area contributed by atoms with Crippen LogP contribution in [0.25, 0.3) is 0 Å². The molecule has 0 aliphatic rings. The molecule has 0 aromatic rings. The second-order valence-corrected chi connectivity index (χ2v) is 7.92. The first-order chi connectivity index (χ1) is 8.52. The third-order valence-electron chi connectivity index (χ3n) is 2.55. The van der Waals surface area contributed by atoms with Crippen LogP contribution in [0, 0.1) is 11.8 Å². The standard InChI is InChI=1S/C10H24O7P2/c1-9(2)5-4-6-10(3)7-8-16-19(14,15)17-18(11,12)13/h9-10H,4-8H2,1-3H3,(H,14,15)(H2,11,12,13)/t10-/m1/s1. The molecule has 0 bridgehead atoms. The lowest BCUT2D eigenvalue weighted by Gasteiger charge is -2.15. The van der Waals surface area contributed by atoms with E-state index in [9.17, 15) is 9.13 Å². The van der Waals surface area contributed by atoms with E-state index in [1.165, 1.54) is 0 Å². The normalized spacial score (nSPS) is 17.4. The van der Waals surface area contributed by atoms with E-state index in [4.69, 9.17) is 14.7 Å². The molecule has 7 nitrogen and oxygen atoms in total. The summed E-state index contributed by atoms with van der Waals surface area (Å²) < 4.78 is 29.7. The van der Waals surface area contributed by atoms with Gasteiger partial charge in [0.2, 0.25) is 0 Å². The van der Waals surface area contributed by atoms with Crippen LogP contribution >= 0.6 is 15.6 Å². The summed E-state index contributed by atoms with van der Waals surface area (Å²) in [6.07, 6.45) is 3.73. The highest BCUT2D eigenvalue weighted by atomic mass is 31.3. The van der Waals surface area contributed by atoms with Gasteiger partial charge in [-0.15, -0.1) is 0 Å². The van der Waals surface area contributed by atoms with Crippen molar-refractivity contribution in [3.05, 3.63) is 0 Å². The summed E-state index contributed by atoms with van der Waals surface area (Å²) in [5.41, 5.74) is 0. The Morgan fingerprint density at radius 3 is 2.05 bits per heavy atom. The Kier molecular flexibility index (Phi) is 8.64. The van der Waals surface area contributed by atoms with Gasteiger partial charge in [-0.3, -0.25) is 4.52 Å². The summed E-state index contributed by atoms with van der Waals surface area (Å²) in [7, 11) is -9.69. The molecule has 0 amide bonds. The molecule has 0 aliphatic carbocycles. The zero-order valence-corrected chi connectivity index (χ0v) is 13.3. The van der Waals surface area contributed by atoms with Gasteiger partial charge in [-0.2, -0.15) is 4.31 Å². The number of hydrogen-bond acceptors (Lipinski definition) is 4. The maximum absolute atomic E-state index is 11.1. The molecule has 0 heterocycles. The highest BCUT2D eigenvalue weighted by molar-refractivity contribution is 7.60. The first-order valence-corrected chi connectivity index (χ1v) is 9.28. The van der Waals surface area contributed by atoms with E-state index in [1.54, 1.807) is 0 Å². The summed E-state index contributed by atoms with van der Waals surface area (Å²) in [4.78, 5) is 25.8. The van der Waals surface area contributed by atoms with Crippen LogP contribution in [0.2, 0.25) is 0 Å². The van der Waals surface area contributed by atoms with E-state index in [0.717, 1.165) is 19.3 Å². The van der Waals surface area contributed by atoms with Crippen molar-refractivity contribution in [2.75, 3.05) is 6.61 Å². The lowest BCUT2D eigenvalue weighted by Crippen LogP contribution is -2.03. The van der Waals surface area contributed by atoms with Crippen LogP contribution in [-0.2, 0) is 18.0 Å². The van der Waals surface area contributed by atoms with Crippen LogP contribution in [0.3, 0.4) is 0 Å². The molecule has 0 saturated carbocycles. The quantitative estimate of drug-likeness (QED) is 0.530. The SMILES string of the molecule is CC(C)CCC[C@@H](C)CCOP(=O)(O)OP(=O)(O)O. The van der Waals surface area contributed by atoms with Crippen molar-refractivity contribution in [3.8, 4) is 0 Å². The fraction of sp³-hybridized carbons (Fsp3) is 1.00. The molecule has 2 atom stereocenters. The van der Waals surface area contributed by atoms with E-state index in [2.05, 4.69) is 22.7 Å². The van der Waals surface area contributed by atoms with Gasteiger partial charge in [0, 0.05) is 0 Å². The summed E-state index contributed by atoms with van der Waals surface area (Å²) in [6, 6.07) is 0. The van der Waals surface area contributed by atoms with Crippen LogP contribution in [0.4, 0.5) is 0 Å². The molecule has 1 unspecified atom stereocenters. The molecule has 19 heavy (non-hydrogen) atoms. The molecule has 0 aliphatic heterocycles. The molecule has 116 valence electrons. The van der Waals surface area contributed by atoms with E-state index in [0.29, 0.717) is 18.3 Å². The molecule has 9 heteroatoms. The molecule has 0 aromatic heterocycles. The summed E-state index contributed by atoms with van der Waals surface area (Å²) in [5.74, 6) is 0.964. The summed E-state index contributed by atoms with van der Waals surface area (Å²) in [6.45, 7) is 6.22. The minimum atomic E-state index is -5.02. The van der Waals surface area contributed by atoms with Crippen molar-refractivity contribution in [1.82, 2.24) is 0 Å². The third-order valence-corrected chi connectivity index (χ3v) is 4.74. The van der Waals surface area contributed by atoms with Gasteiger partial charge in [-0.25, -0.2) is 9.13 Å². The Morgan fingerprint density at radius 2 is 1.58 bits per heavy atom. The van der Waals surface area contributed by atoms with Gasteiger partial charge in [0.25, 0.3) is 0 Å². The highest BCUT2D eigenvalue weighted by Crippen LogP contribution is 2.57. The number of hydrogen-bond donors (Lipinski definition) is 3. The lowest BCUT2D eigenvalue weighted by atomic mass is 9.98. The van der Waals surface area contributed by atoms with Crippen molar-refractivity contribution in [2.24, 2.45) is 11.8 Å². The molecular formula is C10H24O7P2. The average Bonchev–Trinajstić information content (AvgIpc) is 2.12. The fourth-order valence-electron chi connectivity index (χ4n) is 1.55. The van der Waals surface area contributed by atoms with Gasteiger partial charge in [0.15, 0.2) is 0 Å². The number of rotatable bonds is 10. The molecule has 0 radical (unpaired) electrons. The van der Waals surface area contributed by atoms with Crippen molar-refractivity contribution in [3.63, 3.8) is 0 Å². The van der Waals surface area contributed by atoms with Crippen LogP contribution in [0.15, 0.2) is 0 Å². The Morgan fingerprint density at radius 1 is 1.00 bits per heavy atom. The monoisotopic (exact) mass is 318 g/mol. The minimum Gasteiger partial charge on any atom is -0.302 e. The Bertz CT molecular complexity index is 339. The zero-order chi connectivity index (χ0) is 15.1. The van der Waals surface area contributed by atoms with Crippen LogP contribution in [0.1, 0.15) is 46.5 Å². The lowest BCUT2D eigenvalue weighted by molar-refractivity contribution is 0.169. The smallest absolute Gasteiger partial charge is 0.302 e. The molecule has 3 N–H and O–H groups in total. The maximum atomic E-state index is 11.1. The molecule has 0 saturated heterocycles. The Balaban J connectivity index is 3.83. The van der Waals surface area contributed by atoms with Gasteiger partial charge in [-0.05, 0) is 18.3 Å². The van der Waals surface area contributed by atoms with E-state index >= 15 is 0 Å². The summed E-state index contributed by atoms with van der Waals surface area (Å²) >= 11 is 0. The second kappa shape index (κ2) is 8.53. The van der Waals surface area contributed by atoms with E-state index in [1.807, 2.05) is 6.92 Å². The van der Waals surface area contributed by atoms with E-state index < -0.39 is 15.6 Å². The first-order valence-electron chi connectivity index (χ1n) is 6.26. The van der Waals surface area contributed by atoms with Crippen molar-refractivity contribution in [1.29, 1.82) is 0 Å². The molecular weight excluding hydrogens is 294 g/mol. The first kappa shape index (κ1) is 19.3. The van der Waals surface area contributed by atoms with Gasteiger partial charge >= 0.3 is 15.6 Å². The van der Waals surface area contributed by atoms with Gasteiger partial charge < -0.3 is 14.7 Å². The average molecular weight is 318 g/mol. The van der Waals surface area contributed by atoms with Crippen molar-refractivity contribution < 1.29 is 32.6 Å². The predicted octanol–water partition coefficient (Wildman–Crippen LogP) is 3.07. The zero-order valence-electron chi connectivity index (χ0n) is 11.6. The summed E-state index contributed by atoms with van der Waals surface area (Å²) in [5, 5.41) is 0. The number of phosphoric ester groups is 1. The molecule has 0 aromatic carbocycles. The highest BCUT2D eigenvalue weighted by Gasteiger charge is 2.32. The molecule has 0 rings (SSSR count). The molecule has 0 fully saturated rings. The van der Waals surface area contributed by atoms with Crippen molar-refractivity contribution in [2.45, 2.75) is 46.5 Å². The molecule has 0 spiro atoms.